The highest BCUT2D eigenvalue weighted by molar-refractivity contribution is 5.95. The molecule has 2 aromatic carbocycles. The van der Waals surface area contributed by atoms with Gasteiger partial charge in [0.2, 0.25) is 5.91 Å². The first-order chi connectivity index (χ1) is 10.4. The lowest BCUT2D eigenvalue weighted by molar-refractivity contribution is -0.137. The first-order valence-corrected chi connectivity index (χ1v) is 6.95. The molecule has 1 amide bonds. The Hall–Kier alpha value is -2.30. The Labute approximate surface area is 127 Å². The Morgan fingerprint density at radius 1 is 1.05 bits per heavy atom. The molecule has 5 heteroatoms. The van der Waals surface area contributed by atoms with Gasteiger partial charge in [0.1, 0.15) is 0 Å². The van der Waals surface area contributed by atoms with Crippen molar-refractivity contribution in [1.82, 2.24) is 0 Å². The molecule has 0 saturated carbocycles. The molecule has 1 N–H and O–H groups in total. The Bertz CT molecular complexity index is 621. The molecular weight excluding hydrogens is 291 g/mol. The first kappa shape index (κ1) is 16.1. The number of amides is 1. The highest BCUT2D eigenvalue weighted by atomic mass is 19.4. The van der Waals surface area contributed by atoms with Crippen LogP contribution in [0, 0.1) is 0 Å². The SMILES string of the molecule is CC[C@@H](C(=O)Nc1ccc(C(F)(F)F)cc1)c1ccccc1. The zero-order chi connectivity index (χ0) is 16.2. The summed E-state index contributed by atoms with van der Waals surface area (Å²) in [6.07, 6.45) is -3.77. The topological polar surface area (TPSA) is 29.1 Å². The van der Waals surface area contributed by atoms with Crippen LogP contribution < -0.4 is 5.32 Å². The minimum atomic E-state index is -4.38. The fraction of sp³-hybridized carbons (Fsp3) is 0.235. The minimum Gasteiger partial charge on any atom is -0.326 e. The molecule has 0 fully saturated rings. The molecule has 0 bridgehead atoms. The predicted octanol–water partition coefficient (Wildman–Crippen LogP) is 4.84. The summed E-state index contributed by atoms with van der Waals surface area (Å²) in [6.45, 7) is 1.89. The lowest BCUT2D eigenvalue weighted by atomic mass is 9.95. The van der Waals surface area contributed by atoms with Gasteiger partial charge in [-0.1, -0.05) is 37.3 Å². The van der Waals surface area contributed by atoms with Crippen LogP contribution >= 0.6 is 0 Å². The van der Waals surface area contributed by atoms with E-state index in [0.29, 0.717) is 12.1 Å². The molecule has 2 rings (SSSR count). The molecule has 0 heterocycles. The molecule has 0 saturated heterocycles. The number of carbonyl (C=O) groups excluding carboxylic acids is 1. The van der Waals surface area contributed by atoms with Crippen LogP contribution in [0.4, 0.5) is 18.9 Å². The second-order valence-corrected chi connectivity index (χ2v) is 4.94. The minimum absolute atomic E-state index is 0.228. The summed E-state index contributed by atoms with van der Waals surface area (Å²) in [7, 11) is 0. The Balaban J connectivity index is 2.11. The van der Waals surface area contributed by atoms with Crippen LogP contribution in [0.5, 0.6) is 0 Å². The molecule has 0 aliphatic rings. The van der Waals surface area contributed by atoms with Gasteiger partial charge >= 0.3 is 6.18 Å². The summed E-state index contributed by atoms with van der Waals surface area (Å²) in [5.74, 6) is -0.558. The number of benzene rings is 2. The van der Waals surface area contributed by atoms with E-state index in [1.165, 1.54) is 12.1 Å². The van der Waals surface area contributed by atoms with E-state index in [1.807, 2.05) is 37.3 Å². The maximum atomic E-state index is 12.5. The van der Waals surface area contributed by atoms with Crippen molar-refractivity contribution in [3.8, 4) is 0 Å². The third-order valence-corrected chi connectivity index (χ3v) is 3.41. The van der Waals surface area contributed by atoms with Gasteiger partial charge in [0, 0.05) is 5.69 Å². The van der Waals surface area contributed by atoms with E-state index < -0.39 is 11.7 Å². The predicted molar refractivity (Wildman–Crippen MR) is 79.5 cm³/mol. The van der Waals surface area contributed by atoms with Crippen molar-refractivity contribution in [2.24, 2.45) is 0 Å². The van der Waals surface area contributed by atoms with Gasteiger partial charge in [0.25, 0.3) is 0 Å². The normalized spacial score (nSPS) is 12.7. The summed E-state index contributed by atoms with van der Waals surface area (Å²) in [4.78, 5) is 12.3. The lowest BCUT2D eigenvalue weighted by Gasteiger charge is -2.16. The highest BCUT2D eigenvalue weighted by Gasteiger charge is 2.30. The Morgan fingerprint density at radius 3 is 2.14 bits per heavy atom. The van der Waals surface area contributed by atoms with Crippen LogP contribution in [0.1, 0.15) is 30.4 Å². The van der Waals surface area contributed by atoms with E-state index in [0.717, 1.165) is 17.7 Å². The molecule has 22 heavy (non-hydrogen) atoms. The monoisotopic (exact) mass is 307 g/mol. The van der Waals surface area contributed by atoms with Crippen molar-refractivity contribution in [3.63, 3.8) is 0 Å². The Morgan fingerprint density at radius 2 is 1.64 bits per heavy atom. The van der Waals surface area contributed by atoms with Gasteiger partial charge in [-0.05, 0) is 36.2 Å². The Kier molecular flexibility index (Phi) is 4.85. The van der Waals surface area contributed by atoms with Crippen molar-refractivity contribution in [2.75, 3.05) is 5.32 Å². The zero-order valence-electron chi connectivity index (χ0n) is 12.0. The van der Waals surface area contributed by atoms with Gasteiger partial charge in [-0.15, -0.1) is 0 Å². The fourth-order valence-corrected chi connectivity index (χ4v) is 2.23. The van der Waals surface area contributed by atoms with Gasteiger partial charge in [-0.25, -0.2) is 0 Å². The van der Waals surface area contributed by atoms with Gasteiger partial charge in [0.15, 0.2) is 0 Å². The number of nitrogens with one attached hydrogen (secondary N) is 1. The van der Waals surface area contributed by atoms with Crippen LogP contribution in [-0.2, 0) is 11.0 Å². The number of hydrogen-bond donors (Lipinski definition) is 1. The number of alkyl halides is 3. The van der Waals surface area contributed by atoms with Crippen LogP contribution in [0.2, 0.25) is 0 Å². The fourth-order valence-electron chi connectivity index (χ4n) is 2.23. The average Bonchev–Trinajstić information content (AvgIpc) is 2.48. The summed E-state index contributed by atoms with van der Waals surface area (Å²) < 4.78 is 37.5. The zero-order valence-corrected chi connectivity index (χ0v) is 12.0. The maximum Gasteiger partial charge on any atom is 0.416 e. The molecule has 1 atom stereocenters. The van der Waals surface area contributed by atoms with E-state index in [4.69, 9.17) is 0 Å². The van der Waals surface area contributed by atoms with Crippen molar-refractivity contribution in [3.05, 3.63) is 65.7 Å². The van der Waals surface area contributed by atoms with E-state index >= 15 is 0 Å². The molecule has 0 spiro atoms. The van der Waals surface area contributed by atoms with Gasteiger partial charge < -0.3 is 5.32 Å². The summed E-state index contributed by atoms with van der Waals surface area (Å²) in [6, 6.07) is 13.7. The lowest BCUT2D eigenvalue weighted by Crippen LogP contribution is -2.20. The second kappa shape index (κ2) is 6.64. The molecule has 0 aliphatic heterocycles. The standard InChI is InChI=1S/C17H16F3NO/c1-2-15(12-6-4-3-5-7-12)16(22)21-14-10-8-13(9-11-14)17(18,19)20/h3-11,15H,2H2,1H3,(H,21,22)/t15-/m1/s1. The number of anilines is 1. The second-order valence-electron chi connectivity index (χ2n) is 4.94. The summed E-state index contributed by atoms with van der Waals surface area (Å²) in [5, 5.41) is 2.66. The van der Waals surface area contributed by atoms with Crippen LogP contribution in [0.3, 0.4) is 0 Å². The molecular formula is C17H16F3NO. The van der Waals surface area contributed by atoms with Crippen molar-refractivity contribution in [1.29, 1.82) is 0 Å². The quantitative estimate of drug-likeness (QED) is 0.860. The number of halogens is 3. The van der Waals surface area contributed by atoms with Gasteiger partial charge in [-0.3, -0.25) is 4.79 Å². The van der Waals surface area contributed by atoms with Crippen LogP contribution in [-0.4, -0.2) is 5.91 Å². The molecule has 116 valence electrons. The van der Waals surface area contributed by atoms with Crippen LogP contribution in [0.15, 0.2) is 54.6 Å². The first-order valence-electron chi connectivity index (χ1n) is 6.95. The summed E-state index contributed by atoms with van der Waals surface area (Å²) in [5.41, 5.74) is 0.502. The van der Waals surface area contributed by atoms with E-state index in [2.05, 4.69) is 5.32 Å². The molecule has 0 unspecified atom stereocenters. The largest absolute Gasteiger partial charge is 0.416 e. The van der Waals surface area contributed by atoms with Crippen molar-refractivity contribution >= 4 is 11.6 Å². The smallest absolute Gasteiger partial charge is 0.326 e. The number of hydrogen-bond acceptors (Lipinski definition) is 1. The van der Waals surface area contributed by atoms with Crippen LogP contribution in [0.25, 0.3) is 0 Å². The van der Waals surface area contributed by atoms with E-state index in [-0.39, 0.29) is 11.8 Å². The molecule has 0 aromatic heterocycles. The maximum absolute atomic E-state index is 12.5. The molecule has 0 radical (unpaired) electrons. The van der Waals surface area contributed by atoms with Gasteiger partial charge in [0.05, 0.1) is 11.5 Å². The number of carbonyl (C=O) groups is 1. The van der Waals surface area contributed by atoms with Crippen molar-refractivity contribution in [2.45, 2.75) is 25.4 Å². The molecule has 0 aliphatic carbocycles. The molecule has 2 nitrogen and oxygen atoms in total. The highest BCUT2D eigenvalue weighted by Crippen LogP contribution is 2.30. The third-order valence-electron chi connectivity index (χ3n) is 3.41. The summed E-state index contributed by atoms with van der Waals surface area (Å²) >= 11 is 0. The molecule has 2 aromatic rings. The number of rotatable bonds is 4. The van der Waals surface area contributed by atoms with E-state index in [1.54, 1.807) is 0 Å². The average molecular weight is 307 g/mol. The van der Waals surface area contributed by atoms with Crippen molar-refractivity contribution < 1.29 is 18.0 Å². The van der Waals surface area contributed by atoms with Gasteiger partial charge in [-0.2, -0.15) is 13.2 Å². The van der Waals surface area contributed by atoms with E-state index in [9.17, 15) is 18.0 Å². The third kappa shape index (κ3) is 3.87.